The lowest BCUT2D eigenvalue weighted by atomic mass is 9.50. The zero-order valence-electron chi connectivity index (χ0n) is 24.7. The summed E-state index contributed by atoms with van der Waals surface area (Å²) in [5.74, 6) is -1.05. The van der Waals surface area contributed by atoms with Crippen LogP contribution in [0.5, 0.6) is 5.75 Å². The molecule has 2 aromatic carbocycles. The maximum absolute atomic E-state index is 13.8. The van der Waals surface area contributed by atoms with Gasteiger partial charge < -0.3 is 34.6 Å². The van der Waals surface area contributed by atoms with Gasteiger partial charge >= 0.3 is 11.9 Å². The lowest BCUT2D eigenvalue weighted by Gasteiger charge is -2.61. The van der Waals surface area contributed by atoms with E-state index in [0.717, 1.165) is 11.1 Å². The molecule has 2 heterocycles. The van der Waals surface area contributed by atoms with E-state index >= 15 is 0 Å². The van der Waals surface area contributed by atoms with Crippen LogP contribution in [-0.4, -0.2) is 70.8 Å². The van der Waals surface area contributed by atoms with Crippen molar-refractivity contribution in [2.75, 3.05) is 20.1 Å². The summed E-state index contributed by atoms with van der Waals surface area (Å²) >= 11 is 0. The Bertz CT molecular complexity index is 1470. The molecule has 1 fully saturated rings. The van der Waals surface area contributed by atoms with E-state index in [9.17, 15) is 24.6 Å². The second kappa shape index (κ2) is 11.1. The number of piperidine rings is 1. The molecule has 2 aliphatic carbocycles. The van der Waals surface area contributed by atoms with Crippen LogP contribution in [0.3, 0.4) is 0 Å². The molecule has 1 spiro atoms. The summed E-state index contributed by atoms with van der Waals surface area (Å²) in [6, 6.07) is 12.3. The van der Waals surface area contributed by atoms with Crippen molar-refractivity contribution in [2.24, 2.45) is 5.92 Å². The first kappa shape index (κ1) is 29.3. The largest absolute Gasteiger partial charge is 0.481 e. The van der Waals surface area contributed by atoms with Crippen molar-refractivity contribution in [2.45, 2.75) is 75.4 Å². The van der Waals surface area contributed by atoms with Crippen LogP contribution in [-0.2, 0) is 42.3 Å². The molecule has 5 atom stereocenters. The number of rotatable bonds is 9. The van der Waals surface area contributed by atoms with Crippen molar-refractivity contribution in [1.82, 2.24) is 10.2 Å². The van der Waals surface area contributed by atoms with Gasteiger partial charge in [-0.05, 0) is 38.1 Å². The van der Waals surface area contributed by atoms with Crippen molar-refractivity contribution in [3.8, 4) is 5.75 Å². The number of hydrogen-bond acceptors (Lipinski definition) is 9. The van der Waals surface area contributed by atoms with Gasteiger partial charge in [-0.15, -0.1) is 0 Å². The second-order valence-corrected chi connectivity index (χ2v) is 12.3. The lowest BCUT2D eigenvalue weighted by Crippen LogP contribution is -2.74. The van der Waals surface area contributed by atoms with Gasteiger partial charge in [0, 0.05) is 41.6 Å². The summed E-state index contributed by atoms with van der Waals surface area (Å²) in [7, 11) is 2.01. The Labute approximate surface area is 250 Å². The van der Waals surface area contributed by atoms with Crippen LogP contribution in [0.4, 0.5) is 0 Å². The molecule has 10 heteroatoms. The minimum Gasteiger partial charge on any atom is -0.481 e. The highest BCUT2D eigenvalue weighted by atomic mass is 16.6. The predicted molar refractivity (Wildman–Crippen MR) is 155 cm³/mol. The Hall–Kier alpha value is -3.73. The Morgan fingerprint density at radius 2 is 1.93 bits per heavy atom. The summed E-state index contributed by atoms with van der Waals surface area (Å²) in [4.78, 5) is 40.7. The number of ether oxygens (including phenoxy) is 3. The average molecular weight is 591 g/mol. The average Bonchev–Trinajstić information content (AvgIpc) is 3.35. The van der Waals surface area contributed by atoms with Crippen LogP contribution >= 0.6 is 0 Å². The van der Waals surface area contributed by atoms with Gasteiger partial charge in [-0.3, -0.25) is 9.59 Å². The number of likely N-dealkylation sites (N-methyl/N-ethyl adjacent to an activating group) is 1. The Morgan fingerprint density at radius 3 is 2.65 bits per heavy atom. The zero-order valence-corrected chi connectivity index (χ0v) is 24.7. The minimum absolute atomic E-state index is 0.0813. The SMILES string of the molecule is CC(C)C(=O)NCCC(=O)O[C@H](C(=O)OC1=CC[C@@]2(O)[C@H]3Cc4ccc(CO)c5c4C2(CCN3C)C1O5)c1ccccc1. The van der Waals surface area contributed by atoms with Crippen LogP contribution in [0.15, 0.2) is 54.3 Å². The Balaban J connectivity index is 1.29. The monoisotopic (exact) mass is 590 g/mol. The maximum Gasteiger partial charge on any atom is 0.357 e. The first-order chi connectivity index (χ1) is 20.6. The number of carbonyl (C=O) groups excluding carboxylic acids is 3. The second-order valence-electron chi connectivity index (χ2n) is 12.3. The van der Waals surface area contributed by atoms with Gasteiger partial charge in [0.25, 0.3) is 0 Å². The lowest BCUT2D eigenvalue weighted by molar-refractivity contribution is -0.176. The molecule has 1 saturated heterocycles. The Morgan fingerprint density at radius 1 is 1.16 bits per heavy atom. The van der Waals surface area contributed by atoms with E-state index in [-0.39, 0.29) is 49.6 Å². The third-order valence-electron chi connectivity index (χ3n) is 9.56. The first-order valence-corrected chi connectivity index (χ1v) is 14.9. The standard InChI is InChI=1S/C33H38N2O8/c1-19(2)30(38)34-15-12-25(37)42-28(20-7-5-4-6-8-20)31(39)41-23-11-13-33(40)24-17-21-9-10-22(18-36)27-26(21)32(33,29(23)43-27)14-16-35(24)3/h4-11,19,24,28-29,36,40H,12-18H2,1-3H3,(H,34,38)/t24-,28+,29?,32?,33-/m1/s1. The molecule has 10 nitrogen and oxygen atoms in total. The van der Waals surface area contributed by atoms with Crippen LogP contribution < -0.4 is 10.1 Å². The number of amides is 1. The molecule has 1 amide bonds. The number of esters is 2. The van der Waals surface area contributed by atoms with E-state index in [4.69, 9.17) is 14.2 Å². The predicted octanol–water partition coefficient (Wildman–Crippen LogP) is 2.45. The van der Waals surface area contributed by atoms with E-state index in [1.54, 1.807) is 50.3 Å². The third kappa shape index (κ3) is 4.63. The first-order valence-electron chi connectivity index (χ1n) is 14.9. The van der Waals surface area contributed by atoms with Crippen molar-refractivity contribution in [1.29, 1.82) is 0 Å². The van der Waals surface area contributed by atoms with Crippen LogP contribution in [0.1, 0.15) is 61.5 Å². The highest BCUT2D eigenvalue weighted by Gasteiger charge is 2.72. The number of likely N-dealkylation sites (tertiary alicyclic amines) is 1. The van der Waals surface area contributed by atoms with Gasteiger partial charge in [0.1, 0.15) is 11.5 Å². The Kier molecular flexibility index (Phi) is 7.56. The molecule has 2 aliphatic heterocycles. The van der Waals surface area contributed by atoms with Gasteiger partial charge in [0.05, 0.1) is 24.0 Å². The number of nitrogens with one attached hydrogen (secondary N) is 1. The normalized spacial score (nSPS) is 27.4. The van der Waals surface area contributed by atoms with Crippen molar-refractivity contribution in [3.05, 3.63) is 76.6 Å². The molecule has 3 N–H and O–H groups in total. The fraction of sp³-hybridized carbons (Fsp3) is 0.485. The fourth-order valence-electron chi connectivity index (χ4n) is 7.36. The molecule has 4 aliphatic rings. The van der Waals surface area contributed by atoms with Gasteiger partial charge in [-0.1, -0.05) is 56.3 Å². The van der Waals surface area contributed by atoms with E-state index < -0.39 is 35.2 Å². The summed E-state index contributed by atoms with van der Waals surface area (Å²) in [6.07, 6.45) is 0.919. The molecule has 2 aromatic rings. The highest BCUT2D eigenvalue weighted by molar-refractivity contribution is 5.82. The fourth-order valence-corrected chi connectivity index (χ4v) is 7.36. The van der Waals surface area contributed by atoms with Gasteiger partial charge in [-0.25, -0.2) is 4.79 Å². The number of nitrogens with zero attached hydrogens (tertiary/aromatic N) is 1. The smallest absolute Gasteiger partial charge is 0.357 e. The molecule has 43 heavy (non-hydrogen) atoms. The molecule has 2 unspecified atom stereocenters. The van der Waals surface area contributed by atoms with Crippen molar-refractivity contribution in [3.63, 3.8) is 0 Å². The highest BCUT2D eigenvalue weighted by Crippen LogP contribution is 2.64. The molecular formula is C33H38N2O8. The third-order valence-corrected chi connectivity index (χ3v) is 9.56. The summed E-state index contributed by atoms with van der Waals surface area (Å²) in [5.41, 5.74) is 0.981. The molecule has 6 rings (SSSR count). The van der Waals surface area contributed by atoms with E-state index in [0.29, 0.717) is 36.3 Å². The van der Waals surface area contributed by atoms with Crippen molar-refractivity contribution >= 4 is 17.8 Å². The number of benzene rings is 2. The maximum atomic E-state index is 13.8. The zero-order chi connectivity index (χ0) is 30.5. The van der Waals surface area contributed by atoms with Gasteiger partial charge in [0.15, 0.2) is 6.10 Å². The molecule has 0 aromatic heterocycles. The molecule has 0 saturated carbocycles. The summed E-state index contributed by atoms with van der Waals surface area (Å²) < 4.78 is 18.2. The molecule has 2 bridgehead atoms. The van der Waals surface area contributed by atoms with E-state index in [1.807, 2.05) is 19.2 Å². The van der Waals surface area contributed by atoms with Crippen LogP contribution in [0.2, 0.25) is 0 Å². The number of hydrogen-bond donors (Lipinski definition) is 3. The molecule has 228 valence electrons. The number of aliphatic hydroxyl groups is 2. The number of carbonyl (C=O) groups is 3. The summed E-state index contributed by atoms with van der Waals surface area (Å²) in [5, 5.41) is 25.2. The van der Waals surface area contributed by atoms with Gasteiger partial charge in [-0.2, -0.15) is 0 Å². The quantitative estimate of drug-likeness (QED) is 0.377. The van der Waals surface area contributed by atoms with Crippen molar-refractivity contribution < 1.29 is 38.8 Å². The van der Waals surface area contributed by atoms with Crippen LogP contribution in [0, 0.1) is 5.92 Å². The van der Waals surface area contributed by atoms with Gasteiger partial charge in [0.2, 0.25) is 12.0 Å². The van der Waals surface area contributed by atoms with E-state index in [1.165, 1.54) is 0 Å². The molecule has 0 radical (unpaired) electrons. The number of aliphatic hydroxyl groups excluding tert-OH is 1. The molecular weight excluding hydrogens is 552 g/mol. The van der Waals surface area contributed by atoms with Crippen LogP contribution in [0.25, 0.3) is 0 Å². The van der Waals surface area contributed by atoms with E-state index in [2.05, 4.69) is 10.2 Å². The topological polar surface area (TPSA) is 135 Å². The summed E-state index contributed by atoms with van der Waals surface area (Å²) in [6.45, 7) is 4.08. The minimum atomic E-state index is -1.35.